The summed E-state index contributed by atoms with van der Waals surface area (Å²) in [6.07, 6.45) is 3.13. The number of thioether (sulfide) groups is 1. The van der Waals surface area contributed by atoms with Crippen molar-refractivity contribution < 1.29 is 28.7 Å². The van der Waals surface area contributed by atoms with Gasteiger partial charge in [0.25, 0.3) is 17.7 Å². The SMILES string of the molecule is NC(=O)c1c(-c2ccc(Oc3ccccc3)cc2)nn2c1NCCC2C1CCN(Cc2ccc(CSc3cccc4c3C(=O)N(C3CCC(=O)NC3=O)C4=O)cc2)CC1. The Labute approximate surface area is 345 Å². The fourth-order valence-corrected chi connectivity index (χ4v) is 9.77. The summed E-state index contributed by atoms with van der Waals surface area (Å²) in [5, 5.41) is 10.7. The van der Waals surface area contributed by atoms with Crippen molar-refractivity contribution in [3.63, 3.8) is 0 Å². The van der Waals surface area contributed by atoms with Gasteiger partial charge in [0.15, 0.2) is 0 Å². The van der Waals surface area contributed by atoms with Gasteiger partial charge in [0.1, 0.15) is 34.6 Å². The molecule has 2 saturated heterocycles. The molecule has 4 aliphatic heterocycles. The van der Waals surface area contributed by atoms with E-state index in [1.807, 2.05) is 65.3 Å². The highest BCUT2D eigenvalue weighted by atomic mass is 32.2. The molecule has 4 aromatic carbocycles. The van der Waals surface area contributed by atoms with Gasteiger partial charge in [-0.1, -0.05) is 48.5 Å². The zero-order chi connectivity index (χ0) is 40.6. The first-order valence-corrected chi connectivity index (χ1v) is 21.0. The van der Waals surface area contributed by atoms with E-state index in [1.54, 1.807) is 12.1 Å². The summed E-state index contributed by atoms with van der Waals surface area (Å²) in [5.74, 6) is 0.603. The smallest absolute Gasteiger partial charge is 0.263 e. The fourth-order valence-electron chi connectivity index (χ4n) is 8.74. The Morgan fingerprint density at radius 2 is 1.54 bits per heavy atom. The highest BCUT2D eigenvalue weighted by molar-refractivity contribution is 7.98. The molecule has 5 aromatic rings. The van der Waals surface area contributed by atoms with Crippen molar-refractivity contribution in [2.45, 2.75) is 61.4 Å². The maximum absolute atomic E-state index is 13.5. The van der Waals surface area contributed by atoms with E-state index in [0.717, 1.165) is 67.2 Å². The van der Waals surface area contributed by atoms with Crippen LogP contribution < -0.4 is 21.1 Å². The highest BCUT2D eigenvalue weighted by Crippen LogP contribution is 2.41. The third-order valence-electron chi connectivity index (χ3n) is 11.7. The van der Waals surface area contributed by atoms with Gasteiger partial charge in [-0.15, -0.1) is 11.8 Å². The van der Waals surface area contributed by atoms with Gasteiger partial charge in [-0.05, 0) is 104 Å². The zero-order valence-corrected chi connectivity index (χ0v) is 33.1. The number of rotatable bonds is 11. The van der Waals surface area contributed by atoms with E-state index in [4.69, 9.17) is 15.6 Å². The number of primary amides is 1. The van der Waals surface area contributed by atoms with Gasteiger partial charge in [-0.2, -0.15) is 5.10 Å². The molecular formula is C45H43N7O6S. The number of anilines is 1. The summed E-state index contributed by atoms with van der Waals surface area (Å²) in [7, 11) is 0. The van der Waals surface area contributed by atoms with Gasteiger partial charge in [-0.25, -0.2) is 4.68 Å². The average Bonchev–Trinajstić information content (AvgIpc) is 3.77. The number of amides is 5. The van der Waals surface area contributed by atoms with E-state index < -0.39 is 35.6 Å². The van der Waals surface area contributed by atoms with Crippen LogP contribution in [0.3, 0.4) is 0 Å². The lowest BCUT2D eigenvalue weighted by Gasteiger charge is -2.38. The molecule has 0 aliphatic carbocycles. The minimum absolute atomic E-state index is 0.0796. The topological polar surface area (TPSA) is 169 Å². The van der Waals surface area contributed by atoms with Gasteiger partial charge in [0.2, 0.25) is 11.8 Å². The monoisotopic (exact) mass is 809 g/mol. The molecule has 0 saturated carbocycles. The number of hydrogen-bond acceptors (Lipinski definition) is 10. The molecule has 9 rings (SSSR count). The number of nitrogens with zero attached hydrogens (tertiary/aromatic N) is 4. The second-order valence-electron chi connectivity index (χ2n) is 15.4. The summed E-state index contributed by atoms with van der Waals surface area (Å²) >= 11 is 1.48. The van der Waals surface area contributed by atoms with Crippen molar-refractivity contribution in [3.8, 4) is 22.8 Å². The van der Waals surface area contributed by atoms with Crippen LogP contribution in [0, 0.1) is 5.92 Å². The maximum atomic E-state index is 13.5. The summed E-state index contributed by atoms with van der Waals surface area (Å²) in [5.41, 5.74) is 10.7. The number of aromatic nitrogens is 2. The quantitative estimate of drug-likeness (QED) is 0.100. The Hall–Kier alpha value is -6.25. The van der Waals surface area contributed by atoms with Gasteiger partial charge in [0, 0.05) is 35.7 Å². The number of nitrogens with two attached hydrogens (primary N) is 1. The van der Waals surface area contributed by atoms with Crippen LogP contribution in [0.2, 0.25) is 0 Å². The normalized spacial score (nSPS) is 19.6. The van der Waals surface area contributed by atoms with Crippen molar-refractivity contribution in [2.24, 2.45) is 11.7 Å². The molecule has 0 spiro atoms. The predicted molar refractivity (Wildman–Crippen MR) is 222 cm³/mol. The first kappa shape index (κ1) is 38.3. The molecule has 1 aromatic heterocycles. The molecule has 59 heavy (non-hydrogen) atoms. The van der Waals surface area contributed by atoms with E-state index in [1.165, 1.54) is 17.3 Å². The number of para-hydroxylation sites is 1. The molecule has 13 nitrogen and oxygen atoms in total. The third kappa shape index (κ3) is 7.61. The van der Waals surface area contributed by atoms with E-state index in [9.17, 15) is 24.0 Å². The van der Waals surface area contributed by atoms with Crippen LogP contribution in [0.1, 0.15) is 80.3 Å². The summed E-state index contributed by atoms with van der Waals surface area (Å²) in [6.45, 7) is 3.47. The maximum Gasteiger partial charge on any atom is 0.263 e. The van der Waals surface area contributed by atoms with E-state index in [0.29, 0.717) is 45.0 Å². The molecule has 300 valence electrons. The third-order valence-corrected chi connectivity index (χ3v) is 12.9. The molecule has 14 heteroatoms. The molecule has 5 amide bonds. The van der Waals surface area contributed by atoms with E-state index in [-0.39, 0.29) is 24.4 Å². The van der Waals surface area contributed by atoms with Crippen LogP contribution in [0.15, 0.2) is 102 Å². The van der Waals surface area contributed by atoms with Crippen molar-refractivity contribution >= 4 is 47.1 Å². The number of nitrogens with one attached hydrogen (secondary N) is 2. The lowest BCUT2D eigenvalue weighted by atomic mass is 9.86. The summed E-state index contributed by atoms with van der Waals surface area (Å²) < 4.78 is 7.98. The largest absolute Gasteiger partial charge is 0.457 e. The summed E-state index contributed by atoms with van der Waals surface area (Å²) in [6, 6.07) is 30.0. The van der Waals surface area contributed by atoms with Crippen LogP contribution in [0.25, 0.3) is 11.3 Å². The van der Waals surface area contributed by atoms with Gasteiger partial charge < -0.3 is 15.8 Å². The molecule has 5 heterocycles. The standard InChI is InChI=1S/C45H43N7O6S/c46-41(54)39-40(30-13-15-32(16-14-30)58-31-5-2-1-3-6-31)49-52-34(19-22-47-42(39)52)29-20-23-50(24-21-29)25-27-9-11-28(12-10-27)26-59-36-8-4-7-33-38(36)45(57)51(44(33)56)35-17-18-37(53)48-43(35)55/h1-16,29,34-35,47H,17-26H2,(H2,46,54)(H,48,53,55). The molecule has 2 atom stereocenters. The lowest BCUT2D eigenvalue weighted by Crippen LogP contribution is -2.54. The average molecular weight is 810 g/mol. The predicted octanol–water partition coefficient (Wildman–Crippen LogP) is 6.40. The Morgan fingerprint density at radius 3 is 2.27 bits per heavy atom. The minimum atomic E-state index is -0.994. The minimum Gasteiger partial charge on any atom is -0.457 e. The van der Waals surface area contributed by atoms with E-state index in [2.05, 4.69) is 39.8 Å². The number of piperidine rings is 2. The van der Waals surface area contributed by atoms with Gasteiger partial charge >= 0.3 is 0 Å². The zero-order valence-electron chi connectivity index (χ0n) is 32.3. The molecular weight excluding hydrogens is 767 g/mol. The first-order valence-electron chi connectivity index (χ1n) is 20.0. The van der Waals surface area contributed by atoms with Crippen LogP contribution in [0.5, 0.6) is 11.5 Å². The van der Waals surface area contributed by atoms with Gasteiger partial charge in [0.05, 0.1) is 17.2 Å². The molecule has 0 bridgehead atoms. The number of carbonyl (C=O) groups is 5. The van der Waals surface area contributed by atoms with Gasteiger partial charge in [-0.3, -0.25) is 39.1 Å². The Kier molecular flexibility index (Phi) is 10.5. The van der Waals surface area contributed by atoms with Crippen molar-refractivity contribution in [3.05, 3.63) is 125 Å². The number of hydrogen-bond donors (Lipinski definition) is 3. The molecule has 0 radical (unpaired) electrons. The number of likely N-dealkylation sites (tertiary alicyclic amines) is 1. The van der Waals surface area contributed by atoms with Crippen molar-refractivity contribution in [2.75, 3.05) is 25.0 Å². The van der Waals surface area contributed by atoms with Crippen LogP contribution in [0.4, 0.5) is 5.82 Å². The second kappa shape index (κ2) is 16.2. The number of imide groups is 2. The molecule has 2 fully saturated rings. The lowest BCUT2D eigenvalue weighted by molar-refractivity contribution is -0.136. The highest BCUT2D eigenvalue weighted by Gasteiger charge is 2.45. The molecule has 4 aliphatic rings. The van der Waals surface area contributed by atoms with Crippen LogP contribution in [-0.4, -0.2) is 74.8 Å². The number of fused-ring (bicyclic) bond motifs is 2. The molecule has 4 N–H and O–H groups in total. The van der Waals surface area contributed by atoms with Crippen LogP contribution >= 0.6 is 11.8 Å². The fraction of sp³-hybridized carbons (Fsp3) is 0.289. The first-order chi connectivity index (χ1) is 28.7. The number of carbonyl (C=O) groups excluding carboxylic acids is 5. The molecule has 2 unspecified atom stereocenters. The Balaban J connectivity index is 0.809. The number of benzene rings is 4. The Morgan fingerprint density at radius 1 is 0.814 bits per heavy atom. The summed E-state index contributed by atoms with van der Waals surface area (Å²) in [4.78, 5) is 68.0. The van der Waals surface area contributed by atoms with Crippen molar-refractivity contribution in [1.29, 1.82) is 0 Å². The Bertz CT molecular complexity index is 2450. The second-order valence-corrected chi connectivity index (χ2v) is 16.5. The number of ether oxygens (including phenoxy) is 1. The van der Waals surface area contributed by atoms with Crippen LogP contribution in [-0.2, 0) is 21.9 Å². The van der Waals surface area contributed by atoms with E-state index >= 15 is 0 Å². The van der Waals surface area contributed by atoms with Crippen molar-refractivity contribution in [1.82, 2.24) is 24.9 Å².